The Balaban J connectivity index is 1.64. The first kappa shape index (κ1) is 23.1. The van der Waals surface area contributed by atoms with Crippen molar-refractivity contribution in [3.8, 4) is 11.3 Å². The zero-order valence-corrected chi connectivity index (χ0v) is 19.2. The first-order valence-corrected chi connectivity index (χ1v) is 11.3. The molecule has 2 saturated carbocycles. The second-order valence-corrected chi connectivity index (χ2v) is 9.71. The van der Waals surface area contributed by atoms with Gasteiger partial charge in [0.15, 0.2) is 34.7 Å². The zero-order valence-electron chi connectivity index (χ0n) is 19.2. The molecule has 5 rings (SSSR count). The second kappa shape index (κ2) is 7.96. The molecule has 1 amide bonds. The molecule has 2 unspecified atom stereocenters. The molecule has 0 radical (unpaired) electrons. The topological polar surface area (TPSA) is 161 Å². The van der Waals surface area contributed by atoms with Crippen LogP contribution in [0.4, 0.5) is 0 Å². The molecule has 1 heterocycles. The van der Waals surface area contributed by atoms with Crippen LogP contribution in [0, 0.1) is 23.7 Å². The third-order valence-electron chi connectivity index (χ3n) is 7.69. The van der Waals surface area contributed by atoms with E-state index in [0.29, 0.717) is 28.8 Å². The van der Waals surface area contributed by atoms with Gasteiger partial charge >= 0.3 is 0 Å². The highest BCUT2D eigenvalue weighted by Gasteiger charge is 2.69. The Kier molecular flexibility index (Phi) is 5.26. The summed E-state index contributed by atoms with van der Waals surface area (Å²) in [5, 5.41) is 11.6. The summed E-state index contributed by atoms with van der Waals surface area (Å²) in [6, 6.07) is 4.03. The Morgan fingerprint density at radius 2 is 1.83 bits per heavy atom. The molecule has 35 heavy (non-hydrogen) atoms. The van der Waals surface area contributed by atoms with Crippen molar-refractivity contribution in [3.63, 3.8) is 0 Å². The van der Waals surface area contributed by atoms with Crippen molar-refractivity contribution in [1.82, 2.24) is 14.9 Å². The van der Waals surface area contributed by atoms with Crippen molar-refractivity contribution in [3.05, 3.63) is 47.9 Å². The number of likely N-dealkylation sites (N-methyl/N-ethyl adjacent to an activating group) is 1. The van der Waals surface area contributed by atoms with Crippen LogP contribution in [0.5, 0.6) is 0 Å². The van der Waals surface area contributed by atoms with E-state index in [4.69, 9.17) is 5.73 Å². The molecule has 3 aliphatic rings. The molecule has 1 aromatic heterocycles. The quantitative estimate of drug-likeness (QED) is 0.563. The van der Waals surface area contributed by atoms with E-state index in [1.807, 2.05) is 6.07 Å². The van der Waals surface area contributed by atoms with Crippen LogP contribution >= 0.6 is 0 Å². The number of nitrogens with two attached hydrogens (primary N) is 1. The van der Waals surface area contributed by atoms with Crippen molar-refractivity contribution in [1.29, 1.82) is 0 Å². The van der Waals surface area contributed by atoms with Gasteiger partial charge in [-0.1, -0.05) is 18.2 Å². The summed E-state index contributed by atoms with van der Waals surface area (Å²) in [7, 11) is 3.14. The molecule has 3 aliphatic carbocycles. The number of nitrogens with zero attached hydrogens (tertiary/aromatic N) is 3. The predicted molar refractivity (Wildman–Crippen MR) is 121 cm³/mol. The van der Waals surface area contributed by atoms with Gasteiger partial charge in [0.2, 0.25) is 5.91 Å². The van der Waals surface area contributed by atoms with E-state index in [9.17, 15) is 29.1 Å². The van der Waals surface area contributed by atoms with Gasteiger partial charge in [0.25, 0.3) is 0 Å². The van der Waals surface area contributed by atoms with Crippen molar-refractivity contribution < 1.29 is 29.1 Å². The molecule has 10 nitrogen and oxygen atoms in total. The number of carbonyl (C=O) groups excluding carboxylic acids is 5. The van der Waals surface area contributed by atoms with Crippen LogP contribution in [0.25, 0.3) is 11.3 Å². The summed E-state index contributed by atoms with van der Waals surface area (Å²) < 4.78 is 0. The summed E-state index contributed by atoms with van der Waals surface area (Å²) >= 11 is 0. The van der Waals surface area contributed by atoms with Crippen molar-refractivity contribution in [2.24, 2.45) is 29.4 Å². The minimum atomic E-state index is -2.65. The lowest BCUT2D eigenvalue weighted by Gasteiger charge is -2.52. The van der Waals surface area contributed by atoms with Crippen LogP contribution in [-0.4, -0.2) is 74.8 Å². The number of Topliss-reactive ketones (excluding diaryl/α,β-unsaturated/α-hetero) is 4. The van der Waals surface area contributed by atoms with Crippen molar-refractivity contribution >= 4 is 29.0 Å². The number of amides is 1. The molecule has 1 aromatic carbocycles. The van der Waals surface area contributed by atoms with E-state index in [1.54, 1.807) is 44.8 Å². The van der Waals surface area contributed by atoms with Crippen LogP contribution in [-0.2, 0) is 25.6 Å². The van der Waals surface area contributed by atoms with Gasteiger partial charge in [-0.05, 0) is 38.4 Å². The molecular formula is C25H24N4O6. The lowest BCUT2D eigenvalue weighted by atomic mass is 9.52. The van der Waals surface area contributed by atoms with Gasteiger partial charge in [-0.3, -0.25) is 38.8 Å². The van der Waals surface area contributed by atoms with Crippen LogP contribution < -0.4 is 5.73 Å². The number of ketones is 4. The molecule has 2 fully saturated rings. The number of rotatable bonds is 3. The number of primary amides is 1. The number of hydrogen-bond donors (Lipinski definition) is 2. The Bertz CT molecular complexity index is 1290. The molecule has 0 saturated heterocycles. The van der Waals surface area contributed by atoms with Crippen LogP contribution in [0.15, 0.2) is 36.8 Å². The number of fused-ring (bicyclic) bond motifs is 3. The molecule has 0 bridgehead atoms. The minimum absolute atomic E-state index is 0.0682. The number of aromatic nitrogens is 2. The average Bonchev–Trinajstić information content (AvgIpc) is 2.81. The van der Waals surface area contributed by atoms with Gasteiger partial charge in [-0.25, -0.2) is 0 Å². The normalized spacial score (nSPS) is 32.2. The van der Waals surface area contributed by atoms with E-state index in [-0.39, 0.29) is 6.42 Å². The number of carbonyl (C=O) groups is 5. The summed E-state index contributed by atoms with van der Waals surface area (Å²) in [6.07, 6.45) is 5.06. The first-order chi connectivity index (χ1) is 16.6. The largest absolute Gasteiger partial charge is 0.374 e. The van der Waals surface area contributed by atoms with E-state index in [2.05, 4.69) is 9.97 Å². The van der Waals surface area contributed by atoms with Crippen molar-refractivity contribution in [2.45, 2.75) is 24.5 Å². The number of hydrogen-bond acceptors (Lipinski definition) is 9. The summed E-state index contributed by atoms with van der Waals surface area (Å²) in [5.41, 5.74) is 5.00. The molecule has 2 aromatic rings. The minimum Gasteiger partial charge on any atom is -0.374 e. The van der Waals surface area contributed by atoms with E-state index < -0.39 is 64.4 Å². The van der Waals surface area contributed by atoms with E-state index in [0.717, 1.165) is 0 Å². The lowest BCUT2D eigenvalue weighted by molar-refractivity contribution is -0.181. The smallest absolute Gasteiger partial charge is 0.235 e. The molecule has 6 atom stereocenters. The van der Waals surface area contributed by atoms with Gasteiger partial charge in [-0.15, -0.1) is 0 Å². The maximum absolute atomic E-state index is 13.7. The van der Waals surface area contributed by atoms with E-state index >= 15 is 0 Å². The van der Waals surface area contributed by atoms with E-state index in [1.165, 1.54) is 4.90 Å². The molecule has 0 aliphatic heterocycles. The number of aliphatic hydroxyl groups is 1. The fourth-order valence-electron chi connectivity index (χ4n) is 6.21. The summed E-state index contributed by atoms with van der Waals surface area (Å²) in [6.45, 7) is 0. The zero-order chi connectivity index (χ0) is 25.2. The highest BCUT2D eigenvalue weighted by Crippen LogP contribution is 2.50. The Morgan fingerprint density at radius 1 is 1.11 bits per heavy atom. The Hall–Kier alpha value is -3.63. The fourth-order valence-corrected chi connectivity index (χ4v) is 6.21. The predicted octanol–water partition coefficient (Wildman–Crippen LogP) is -0.382. The SMILES string of the molecule is CN(C)[C@@H]1C(=O)C(C(N)=O)C(=O)[C@@]2(O)C(=O)C3C(=O)c4cccc(-c5cnccn5)c4C[C@H]3C[C@@H]12. The monoisotopic (exact) mass is 476 g/mol. The summed E-state index contributed by atoms with van der Waals surface area (Å²) in [5.74, 6) is -9.52. The molecule has 0 spiro atoms. The standard InChI is InChI=1S/C25H24N4O6/c1-29(2)19-15-9-11-8-14-12(16-10-27-6-7-28-16)4-3-5-13(14)20(30)17(11)22(32)25(15,35)23(33)18(21(19)31)24(26)34/h3-7,10-11,15,17-19,35H,8-9H2,1-2H3,(H2,26,34)/t11-,15-,17?,18?,19-,25-/m0/s1. The molecule has 180 valence electrons. The van der Waals surface area contributed by atoms with Gasteiger partial charge in [-0.2, -0.15) is 0 Å². The van der Waals surface area contributed by atoms with Crippen LogP contribution in [0.3, 0.4) is 0 Å². The van der Waals surface area contributed by atoms with Gasteiger partial charge in [0.05, 0.1) is 23.9 Å². The average molecular weight is 476 g/mol. The van der Waals surface area contributed by atoms with Crippen LogP contribution in [0.2, 0.25) is 0 Å². The third kappa shape index (κ3) is 3.13. The van der Waals surface area contributed by atoms with Crippen LogP contribution in [0.1, 0.15) is 22.3 Å². The first-order valence-electron chi connectivity index (χ1n) is 11.3. The van der Waals surface area contributed by atoms with Gasteiger partial charge in [0, 0.05) is 29.4 Å². The maximum Gasteiger partial charge on any atom is 0.235 e. The highest BCUT2D eigenvalue weighted by molar-refractivity contribution is 6.32. The third-order valence-corrected chi connectivity index (χ3v) is 7.69. The lowest BCUT2D eigenvalue weighted by Crippen LogP contribution is -2.74. The molecule has 3 N–H and O–H groups in total. The Morgan fingerprint density at radius 3 is 2.46 bits per heavy atom. The van der Waals surface area contributed by atoms with Gasteiger partial charge < -0.3 is 10.8 Å². The second-order valence-electron chi connectivity index (χ2n) is 9.71. The number of benzene rings is 1. The fraction of sp³-hybridized carbons (Fsp3) is 0.400. The summed E-state index contributed by atoms with van der Waals surface area (Å²) in [4.78, 5) is 75.7. The highest BCUT2D eigenvalue weighted by atomic mass is 16.3. The molecule has 10 heteroatoms. The molecular weight excluding hydrogens is 452 g/mol. The maximum atomic E-state index is 13.7. The van der Waals surface area contributed by atoms with Gasteiger partial charge in [0.1, 0.15) is 0 Å². The van der Waals surface area contributed by atoms with Crippen molar-refractivity contribution in [2.75, 3.05) is 14.1 Å². The Labute approximate surface area is 200 Å².